The number of halogens is 4. The van der Waals surface area contributed by atoms with Gasteiger partial charge in [0.2, 0.25) is 0 Å². The van der Waals surface area contributed by atoms with Crippen LogP contribution in [-0.2, 0) is 0 Å². The van der Waals surface area contributed by atoms with Crippen molar-refractivity contribution >= 4 is 46.8 Å². The number of anilines is 1. The molecule has 2 aliphatic heterocycles. The highest BCUT2D eigenvalue weighted by molar-refractivity contribution is 8.16. The van der Waals surface area contributed by atoms with Gasteiger partial charge in [0, 0.05) is 5.02 Å². The molecule has 2 heterocycles. The highest BCUT2D eigenvalue weighted by Gasteiger charge is 2.46. The van der Waals surface area contributed by atoms with E-state index in [0.29, 0.717) is 5.56 Å². The number of alkyl halides is 2. The van der Waals surface area contributed by atoms with Crippen LogP contribution in [0.3, 0.4) is 0 Å². The Morgan fingerprint density at radius 2 is 2.04 bits per heavy atom. The standard InChI is InChI=1S/C14H15ClF3N3OS2/c1-14(12(17)18)19-13(22)21(20-14)10-5-7(8(15)6-9(10)16)11-23-3-2-4-24-11/h5-6,11-12,20H,2-4H2,1H3,(H,19,22). The molecule has 24 heavy (non-hydrogen) atoms. The Kier molecular flexibility index (Phi) is 5.15. The zero-order chi connectivity index (χ0) is 17.5. The first-order chi connectivity index (χ1) is 11.3. The number of nitrogens with one attached hydrogen (secondary N) is 2. The zero-order valence-electron chi connectivity index (χ0n) is 12.6. The lowest BCUT2D eigenvalue weighted by Gasteiger charge is -2.26. The van der Waals surface area contributed by atoms with Crippen molar-refractivity contribution < 1.29 is 18.0 Å². The van der Waals surface area contributed by atoms with E-state index in [1.807, 2.05) is 0 Å². The minimum absolute atomic E-state index is 0.0257. The summed E-state index contributed by atoms with van der Waals surface area (Å²) in [5.41, 5.74) is 0.964. The lowest BCUT2D eigenvalue weighted by molar-refractivity contribution is 0.0401. The second-order valence-electron chi connectivity index (χ2n) is 5.63. The first kappa shape index (κ1) is 18.0. The molecule has 1 unspecified atom stereocenters. The molecule has 1 atom stereocenters. The van der Waals surface area contributed by atoms with Crippen molar-refractivity contribution in [2.75, 3.05) is 16.5 Å². The van der Waals surface area contributed by atoms with Crippen LogP contribution in [0.4, 0.5) is 23.7 Å². The largest absolute Gasteiger partial charge is 0.338 e. The fourth-order valence-electron chi connectivity index (χ4n) is 2.44. The monoisotopic (exact) mass is 397 g/mol. The number of urea groups is 1. The van der Waals surface area contributed by atoms with Crippen molar-refractivity contribution in [2.45, 2.75) is 30.0 Å². The third-order valence-corrected chi connectivity index (χ3v) is 7.04. The van der Waals surface area contributed by atoms with E-state index in [1.54, 1.807) is 23.5 Å². The first-order valence-electron chi connectivity index (χ1n) is 7.22. The third-order valence-electron chi connectivity index (χ3n) is 3.74. The third kappa shape index (κ3) is 3.31. The van der Waals surface area contributed by atoms with E-state index >= 15 is 0 Å². The maximum atomic E-state index is 14.3. The summed E-state index contributed by atoms with van der Waals surface area (Å²) in [6.07, 6.45) is -1.77. The average molecular weight is 398 g/mol. The molecule has 0 radical (unpaired) electrons. The van der Waals surface area contributed by atoms with E-state index in [0.717, 1.165) is 35.9 Å². The highest BCUT2D eigenvalue weighted by Crippen LogP contribution is 2.47. The number of benzene rings is 1. The molecule has 1 aromatic carbocycles. The van der Waals surface area contributed by atoms with Gasteiger partial charge in [0.15, 0.2) is 5.66 Å². The van der Waals surface area contributed by atoms with E-state index in [4.69, 9.17) is 11.6 Å². The summed E-state index contributed by atoms with van der Waals surface area (Å²) in [6, 6.07) is 1.74. The molecule has 1 aromatic rings. The summed E-state index contributed by atoms with van der Waals surface area (Å²) in [6.45, 7) is 1.14. The fourth-order valence-corrected chi connectivity index (χ4v) is 5.77. The van der Waals surface area contributed by atoms with Gasteiger partial charge in [-0.2, -0.15) is 5.43 Å². The van der Waals surface area contributed by atoms with Crippen LogP contribution in [0, 0.1) is 5.82 Å². The number of carbonyl (C=O) groups is 1. The molecule has 2 aliphatic rings. The Morgan fingerprint density at radius 3 is 2.62 bits per heavy atom. The zero-order valence-corrected chi connectivity index (χ0v) is 15.0. The van der Waals surface area contributed by atoms with Crippen LogP contribution in [0.1, 0.15) is 23.5 Å². The van der Waals surface area contributed by atoms with Gasteiger partial charge in [0.25, 0.3) is 6.43 Å². The number of rotatable bonds is 3. The normalized spacial score (nSPS) is 25.4. The second kappa shape index (κ2) is 6.86. The van der Waals surface area contributed by atoms with Gasteiger partial charge < -0.3 is 5.32 Å². The van der Waals surface area contributed by atoms with E-state index < -0.39 is 23.9 Å². The summed E-state index contributed by atoms with van der Waals surface area (Å²) < 4.78 is 40.5. The van der Waals surface area contributed by atoms with Gasteiger partial charge in [0.1, 0.15) is 5.82 Å². The molecule has 3 rings (SSSR count). The van der Waals surface area contributed by atoms with Gasteiger partial charge in [-0.15, -0.1) is 23.5 Å². The first-order valence-corrected chi connectivity index (χ1v) is 9.70. The molecule has 0 aromatic heterocycles. The summed E-state index contributed by atoms with van der Waals surface area (Å²) in [5, 5.41) is 3.18. The van der Waals surface area contributed by atoms with Crippen molar-refractivity contribution in [1.29, 1.82) is 0 Å². The van der Waals surface area contributed by atoms with Crippen LogP contribution in [0.2, 0.25) is 5.02 Å². The van der Waals surface area contributed by atoms with Crippen molar-refractivity contribution in [3.8, 4) is 0 Å². The Hall–Kier alpha value is -0.770. The predicted molar refractivity (Wildman–Crippen MR) is 92.2 cm³/mol. The molecule has 2 fully saturated rings. The molecular formula is C14H15ClF3N3OS2. The maximum Gasteiger partial charge on any atom is 0.338 e. The predicted octanol–water partition coefficient (Wildman–Crippen LogP) is 4.36. The van der Waals surface area contributed by atoms with Crippen LogP contribution < -0.4 is 15.8 Å². The number of thioether (sulfide) groups is 2. The number of nitrogens with zero attached hydrogens (tertiary/aromatic N) is 1. The molecule has 0 spiro atoms. The Balaban J connectivity index is 1.94. The van der Waals surface area contributed by atoms with Crippen LogP contribution >= 0.6 is 35.1 Å². The van der Waals surface area contributed by atoms with Gasteiger partial charge in [-0.25, -0.2) is 23.0 Å². The smallest absolute Gasteiger partial charge is 0.312 e. The Labute approximate surface area is 150 Å². The van der Waals surface area contributed by atoms with Gasteiger partial charge in [-0.3, -0.25) is 0 Å². The van der Waals surface area contributed by atoms with E-state index in [2.05, 4.69) is 10.7 Å². The summed E-state index contributed by atoms with van der Waals surface area (Å²) in [5.74, 6) is 1.18. The lowest BCUT2D eigenvalue weighted by Crippen LogP contribution is -2.54. The van der Waals surface area contributed by atoms with Gasteiger partial charge >= 0.3 is 6.03 Å². The molecule has 2 amide bonds. The van der Waals surface area contributed by atoms with Gasteiger partial charge in [0.05, 0.1) is 10.3 Å². The van der Waals surface area contributed by atoms with Crippen molar-refractivity contribution in [1.82, 2.24) is 10.7 Å². The van der Waals surface area contributed by atoms with E-state index in [-0.39, 0.29) is 15.3 Å². The lowest BCUT2D eigenvalue weighted by atomic mass is 10.2. The number of hydrazine groups is 1. The number of carbonyl (C=O) groups excluding carboxylic acids is 1. The van der Waals surface area contributed by atoms with Crippen molar-refractivity contribution in [2.24, 2.45) is 0 Å². The molecular weight excluding hydrogens is 383 g/mol. The van der Waals surface area contributed by atoms with Crippen LogP contribution in [-0.4, -0.2) is 29.6 Å². The second-order valence-corrected chi connectivity index (χ2v) is 8.76. The quantitative estimate of drug-likeness (QED) is 0.795. The molecule has 132 valence electrons. The Morgan fingerprint density at radius 1 is 1.38 bits per heavy atom. The molecule has 2 N–H and O–H groups in total. The van der Waals surface area contributed by atoms with Gasteiger partial charge in [-0.05, 0) is 42.5 Å². The molecule has 0 aliphatic carbocycles. The SMILES string of the molecule is CC1(C(F)F)NC(=O)N(c2cc(C3SCCCS3)c(Cl)cc2F)N1. The van der Waals surface area contributed by atoms with Crippen molar-refractivity contribution in [3.63, 3.8) is 0 Å². The summed E-state index contributed by atoms with van der Waals surface area (Å²) in [4.78, 5) is 12.0. The molecule has 0 bridgehead atoms. The van der Waals surface area contributed by atoms with Crippen LogP contribution in [0.15, 0.2) is 12.1 Å². The van der Waals surface area contributed by atoms with Crippen molar-refractivity contribution in [3.05, 3.63) is 28.5 Å². The average Bonchev–Trinajstić information content (AvgIpc) is 2.84. The summed E-state index contributed by atoms with van der Waals surface area (Å²) in [7, 11) is 0. The van der Waals surface area contributed by atoms with Crippen LogP contribution in [0.5, 0.6) is 0 Å². The number of hydrogen-bond acceptors (Lipinski definition) is 4. The molecule has 2 saturated heterocycles. The van der Waals surface area contributed by atoms with E-state index in [1.165, 1.54) is 6.07 Å². The molecule has 10 heteroatoms. The molecule has 0 saturated carbocycles. The minimum atomic E-state index is -2.86. The van der Waals surface area contributed by atoms with E-state index in [9.17, 15) is 18.0 Å². The highest BCUT2D eigenvalue weighted by atomic mass is 35.5. The maximum absolute atomic E-state index is 14.3. The molecule has 4 nitrogen and oxygen atoms in total. The minimum Gasteiger partial charge on any atom is -0.312 e. The fraction of sp³-hybridized carbons (Fsp3) is 0.500. The van der Waals surface area contributed by atoms with Crippen LogP contribution in [0.25, 0.3) is 0 Å². The number of hydrogen-bond donors (Lipinski definition) is 2. The Bertz CT molecular complexity index is 660. The summed E-state index contributed by atoms with van der Waals surface area (Å²) >= 11 is 9.54. The van der Waals surface area contributed by atoms with Gasteiger partial charge in [-0.1, -0.05) is 11.6 Å². The topological polar surface area (TPSA) is 44.4 Å². The number of amides is 2.